The van der Waals surface area contributed by atoms with Crippen LogP contribution in [0.3, 0.4) is 0 Å². The number of rotatable bonds is 5. The third-order valence-corrected chi connectivity index (χ3v) is 4.41. The molecule has 0 aromatic heterocycles. The zero-order valence-corrected chi connectivity index (χ0v) is 12.4. The van der Waals surface area contributed by atoms with E-state index in [0.29, 0.717) is 18.5 Å². The summed E-state index contributed by atoms with van der Waals surface area (Å²) >= 11 is 0. The summed E-state index contributed by atoms with van der Waals surface area (Å²) in [6.07, 6.45) is 6.28. The quantitative estimate of drug-likeness (QED) is 0.903. The first kappa shape index (κ1) is 14.5. The molecule has 1 atom stereocenters. The van der Waals surface area contributed by atoms with Crippen LogP contribution in [0.15, 0.2) is 24.3 Å². The first-order valence-corrected chi connectivity index (χ1v) is 7.99. The number of carbonyl (C=O) groups excluding carboxylic acids is 1. The van der Waals surface area contributed by atoms with Crippen molar-refractivity contribution in [1.29, 1.82) is 0 Å². The number of nitrogens with zero attached hydrogens (tertiary/aromatic N) is 1. The van der Waals surface area contributed by atoms with Gasteiger partial charge in [-0.15, -0.1) is 0 Å². The minimum absolute atomic E-state index is 0.177. The van der Waals surface area contributed by atoms with Crippen LogP contribution in [-0.4, -0.2) is 36.0 Å². The van der Waals surface area contributed by atoms with Crippen LogP contribution in [0.25, 0.3) is 0 Å². The predicted molar refractivity (Wildman–Crippen MR) is 80.5 cm³/mol. The number of piperidine rings is 1. The van der Waals surface area contributed by atoms with Gasteiger partial charge in [0.1, 0.15) is 5.82 Å². The van der Waals surface area contributed by atoms with Gasteiger partial charge in [0.15, 0.2) is 0 Å². The summed E-state index contributed by atoms with van der Waals surface area (Å²) in [6.45, 7) is 1.89. The number of amides is 1. The van der Waals surface area contributed by atoms with Crippen LogP contribution >= 0.6 is 0 Å². The van der Waals surface area contributed by atoms with Gasteiger partial charge in [-0.25, -0.2) is 4.39 Å². The molecule has 1 heterocycles. The van der Waals surface area contributed by atoms with E-state index >= 15 is 0 Å². The van der Waals surface area contributed by atoms with Crippen molar-refractivity contribution in [3.8, 4) is 0 Å². The highest BCUT2D eigenvalue weighted by Crippen LogP contribution is 2.28. The maximum atomic E-state index is 12.9. The highest BCUT2D eigenvalue weighted by atomic mass is 19.1. The number of carbonyl (C=O) groups is 1. The van der Waals surface area contributed by atoms with Gasteiger partial charge in [0.25, 0.3) is 0 Å². The number of nitrogens with one attached hydrogen (secondary N) is 1. The Morgan fingerprint density at radius 2 is 1.95 bits per heavy atom. The first-order valence-electron chi connectivity index (χ1n) is 7.99. The number of halogens is 1. The maximum absolute atomic E-state index is 12.9. The van der Waals surface area contributed by atoms with Gasteiger partial charge < -0.3 is 10.2 Å². The molecule has 1 unspecified atom stereocenters. The van der Waals surface area contributed by atoms with E-state index in [1.165, 1.54) is 25.0 Å². The average Bonchev–Trinajstić information content (AvgIpc) is 3.33. The molecule has 1 aromatic rings. The van der Waals surface area contributed by atoms with E-state index in [1.54, 1.807) is 12.1 Å². The smallest absolute Gasteiger partial charge is 0.227 e. The molecule has 3 nitrogen and oxygen atoms in total. The van der Waals surface area contributed by atoms with E-state index in [1.807, 2.05) is 4.90 Å². The summed E-state index contributed by atoms with van der Waals surface area (Å²) in [4.78, 5) is 14.6. The Morgan fingerprint density at radius 3 is 2.57 bits per heavy atom. The molecule has 2 aliphatic rings. The van der Waals surface area contributed by atoms with Crippen molar-refractivity contribution in [1.82, 2.24) is 10.2 Å². The van der Waals surface area contributed by atoms with Crippen LogP contribution in [0.4, 0.5) is 4.39 Å². The van der Waals surface area contributed by atoms with Gasteiger partial charge >= 0.3 is 0 Å². The Labute approximate surface area is 125 Å². The predicted octanol–water partition coefficient (Wildman–Crippen LogP) is 2.50. The van der Waals surface area contributed by atoms with Crippen LogP contribution in [0.2, 0.25) is 0 Å². The molecular weight excluding hydrogens is 267 g/mol. The summed E-state index contributed by atoms with van der Waals surface area (Å²) in [5, 5.41) is 3.51. The Balaban J connectivity index is 1.60. The molecule has 0 spiro atoms. The zero-order chi connectivity index (χ0) is 14.7. The average molecular weight is 290 g/mol. The summed E-state index contributed by atoms with van der Waals surface area (Å²) in [5.74, 6) is -0.0758. The molecule has 1 aliphatic heterocycles. The molecule has 1 amide bonds. The minimum Gasteiger partial charge on any atom is -0.338 e. The highest BCUT2D eigenvalue weighted by Gasteiger charge is 2.34. The topological polar surface area (TPSA) is 32.3 Å². The van der Waals surface area contributed by atoms with Crippen molar-refractivity contribution >= 4 is 5.91 Å². The lowest BCUT2D eigenvalue weighted by Gasteiger charge is -2.31. The van der Waals surface area contributed by atoms with Gasteiger partial charge in [-0.3, -0.25) is 4.79 Å². The van der Waals surface area contributed by atoms with Gasteiger partial charge in [-0.05, 0) is 49.9 Å². The van der Waals surface area contributed by atoms with Gasteiger partial charge in [0.2, 0.25) is 5.91 Å². The van der Waals surface area contributed by atoms with Gasteiger partial charge in [-0.2, -0.15) is 0 Å². The van der Waals surface area contributed by atoms with Crippen LogP contribution in [0.1, 0.15) is 37.7 Å². The van der Waals surface area contributed by atoms with E-state index < -0.39 is 0 Å². The van der Waals surface area contributed by atoms with Crippen molar-refractivity contribution in [2.24, 2.45) is 0 Å². The molecule has 2 fully saturated rings. The summed E-state index contributed by atoms with van der Waals surface area (Å²) in [5.41, 5.74) is 0.892. The molecule has 1 aromatic carbocycles. The Bertz CT molecular complexity index is 478. The molecule has 1 aliphatic carbocycles. The molecular formula is C17H23FN2O. The fourth-order valence-corrected chi connectivity index (χ4v) is 3.04. The normalized spacial score (nSPS) is 22.0. The van der Waals surface area contributed by atoms with Crippen LogP contribution < -0.4 is 5.32 Å². The lowest BCUT2D eigenvalue weighted by molar-refractivity contribution is -0.131. The van der Waals surface area contributed by atoms with E-state index in [9.17, 15) is 9.18 Å². The monoisotopic (exact) mass is 290 g/mol. The number of benzene rings is 1. The van der Waals surface area contributed by atoms with Crippen LogP contribution in [0, 0.1) is 5.82 Å². The summed E-state index contributed by atoms with van der Waals surface area (Å²) in [6, 6.07) is 7.13. The van der Waals surface area contributed by atoms with E-state index in [4.69, 9.17) is 0 Å². The van der Waals surface area contributed by atoms with Crippen molar-refractivity contribution in [3.05, 3.63) is 35.6 Å². The molecule has 1 saturated carbocycles. The van der Waals surface area contributed by atoms with E-state index in [2.05, 4.69) is 5.32 Å². The van der Waals surface area contributed by atoms with E-state index in [-0.39, 0.29) is 11.7 Å². The third-order valence-electron chi connectivity index (χ3n) is 4.41. The molecule has 0 radical (unpaired) electrons. The molecule has 114 valence electrons. The van der Waals surface area contributed by atoms with E-state index in [0.717, 1.165) is 37.9 Å². The fraction of sp³-hybridized carbons (Fsp3) is 0.588. The Hall–Kier alpha value is -1.42. The molecule has 4 heteroatoms. The van der Waals surface area contributed by atoms with Gasteiger partial charge in [0, 0.05) is 18.6 Å². The highest BCUT2D eigenvalue weighted by molar-refractivity contribution is 5.79. The lowest BCUT2D eigenvalue weighted by Crippen LogP contribution is -2.47. The molecule has 1 saturated heterocycles. The summed E-state index contributed by atoms with van der Waals surface area (Å²) < 4.78 is 12.9. The second kappa shape index (κ2) is 6.56. The Morgan fingerprint density at radius 1 is 1.19 bits per heavy atom. The largest absolute Gasteiger partial charge is 0.338 e. The van der Waals surface area contributed by atoms with Crippen LogP contribution in [0.5, 0.6) is 0 Å². The van der Waals surface area contributed by atoms with Crippen molar-refractivity contribution in [3.63, 3.8) is 0 Å². The van der Waals surface area contributed by atoms with Gasteiger partial charge in [-0.1, -0.05) is 18.6 Å². The van der Waals surface area contributed by atoms with Crippen molar-refractivity contribution in [2.45, 2.75) is 50.6 Å². The standard InChI is InChI=1S/C17H23FN2O/c18-14-6-4-13(5-7-14)11-17(21)20(16-8-9-16)12-15-3-1-2-10-19-15/h4-7,15-16,19H,1-3,8-12H2. The fourth-order valence-electron chi connectivity index (χ4n) is 3.04. The van der Waals surface area contributed by atoms with Gasteiger partial charge in [0.05, 0.1) is 6.42 Å². The Kier molecular flexibility index (Phi) is 4.54. The second-order valence-corrected chi connectivity index (χ2v) is 6.23. The molecule has 21 heavy (non-hydrogen) atoms. The maximum Gasteiger partial charge on any atom is 0.227 e. The number of hydrogen-bond acceptors (Lipinski definition) is 2. The zero-order valence-electron chi connectivity index (χ0n) is 12.4. The minimum atomic E-state index is -0.253. The second-order valence-electron chi connectivity index (χ2n) is 6.23. The van der Waals surface area contributed by atoms with Crippen molar-refractivity contribution in [2.75, 3.05) is 13.1 Å². The van der Waals surface area contributed by atoms with Crippen molar-refractivity contribution < 1.29 is 9.18 Å². The lowest BCUT2D eigenvalue weighted by atomic mass is 10.0. The van der Waals surface area contributed by atoms with Crippen LogP contribution in [-0.2, 0) is 11.2 Å². The molecule has 1 N–H and O–H groups in total. The molecule has 3 rings (SSSR count). The SMILES string of the molecule is O=C(Cc1ccc(F)cc1)N(CC1CCCCN1)C1CC1. The third kappa shape index (κ3) is 4.03. The molecule has 0 bridgehead atoms. The number of hydrogen-bond donors (Lipinski definition) is 1. The summed E-state index contributed by atoms with van der Waals surface area (Å²) in [7, 11) is 0. The first-order chi connectivity index (χ1) is 10.2.